The van der Waals surface area contributed by atoms with Crippen LogP contribution >= 0.6 is 23.8 Å². The molecule has 1 aromatic rings. The molecule has 0 aromatic heterocycles. The highest BCUT2D eigenvalue weighted by Crippen LogP contribution is 2.37. The molecule has 1 saturated heterocycles. The van der Waals surface area contributed by atoms with Crippen LogP contribution in [0.25, 0.3) is 0 Å². The van der Waals surface area contributed by atoms with Gasteiger partial charge in [-0.3, -0.25) is 4.79 Å². The summed E-state index contributed by atoms with van der Waals surface area (Å²) in [5.41, 5.74) is 1.65. The lowest BCUT2D eigenvalue weighted by atomic mass is 9.77. The van der Waals surface area contributed by atoms with Crippen LogP contribution in [-0.4, -0.2) is 52.1 Å². The number of carbonyl (C=O) groups is 1. The van der Waals surface area contributed by atoms with Crippen LogP contribution in [0.2, 0.25) is 5.02 Å². The maximum atomic E-state index is 12.6. The molecular weight excluding hydrogens is 374 g/mol. The first-order chi connectivity index (χ1) is 12.3. The summed E-state index contributed by atoms with van der Waals surface area (Å²) in [6.45, 7) is 1.99. The van der Waals surface area contributed by atoms with Gasteiger partial charge in [0.2, 0.25) is 5.91 Å². The van der Waals surface area contributed by atoms with Gasteiger partial charge in [0.05, 0.1) is 30.7 Å². The summed E-state index contributed by atoms with van der Waals surface area (Å²) in [6, 6.07) is 4.48. The van der Waals surface area contributed by atoms with Crippen molar-refractivity contribution in [3.05, 3.63) is 28.8 Å². The zero-order valence-corrected chi connectivity index (χ0v) is 15.7. The number of fused-ring (bicyclic) bond motifs is 1. The number of carbonyl (C=O) groups excluding carboxylic acids is 1. The summed E-state index contributed by atoms with van der Waals surface area (Å²) in [7, 11) is 0. The van der Waals surface area contributed by atoms with E-state index in [9.17, 15) is 15.0 Å². The van der Waals surface area contributed by atoms with E-state index in [1.54, 1.807) is 11.0 Å². The Kier molecular flexibility index (Phi) is 5.39. The van der Waals surface area contributed by atoms with E-state index in [-0.39, 0.29) is 18.9 Å². The molecule has 138 valence electrons. The van der Waals surface area contributed by atoms with Gasteiger partial charge in [0.1, 0.15) is 6.10 Å². The van der Waals surface area contributed by atoms with Gasteiger partial charge in [0.15, 0.2) is 5.11 Å². The Labute approximate surface area is 162 Å². The number of hydrogen-bond acceptors (Lipinski definition) is 4. The minimum Gasteiger partial charge on any atom is -0.390 e. The summed E-state index contributed by atoms with van der Waals surface area (Å²) in [5, 5.41) is 27.3. The molecule has 5 atom stereocenters. The maximum Gasteiger partial charge on any atom is 0.226 e. The zero-order chi connectivity index (χ0) is 19.0. The molecule has 3 rings (SSSR count). The number of hydrogen-bond donors (Lipinski definition) is 4. The van der Waals surface area contributed by atoms with E-state index >= 15 is 0 Å². The Hall–Kier alpha value is -1.85. The highest BCUT2D eigenvalue weighted by atomic mass is 35.5. The maximum absolute atomic E-state index is 12.6. The lowest BCUT2D eigenvalue weighted by Crippen LogP contribution is -2.61. The number of amides is 1. The van der Waals surface area contributed by atoms with Crippen LogP contribution in [-0.2, 0) is 4.79 Å². The number of rotatable bonds is 3. The number of anilines is 1. The van der Waals surface area contributed by atoms with Crippen molar-refractivity contribution < 1.29 is 15.0 Å². The van der Waals surface area contributed by atoms with Crippen molar-refractivity contribution in [3.63, 3.8) is 0 Å². The van der Waals surface area contributed by atoms with Crippen LogP contribution in [0.1, 0.15) is 12.0 Å². The Morgan fingerprint density at radius 3 is 2.92 bits per heavy atom. The smallest absolute Gasteiger partial charge is 0.226 e. The summed E-state index contributed by atoms with van der Waals surface area (Å²) in [5.74, 6) is 1.49. The number of terminal acetylenes is 1. The first-order valence-corrected chi connectivity index (χ1v) is 9.07. The van der Waals surface area contributed by atoms with Crippen molar-refractivity contribution in [2.45, 2.75) is 37.6 Å². The Balaban J connectivity index is 1.99. The lowest BCUT2D eigenvalue weighted by Gasteiger charge is -2.41. The summed E-state index contributed by atoms with van der Waals surface area (Å²) >= 11 is 11.7. The largest absolute Gasteiger partial charge is 0.390 e. The fourth-order valence-electron chi connectivity index (χ4n) is 3.64. The molecule has 2 aliphatic rings. The number of aliphatic hydroxyl groups excluding tert-OH is 2. The van der Waals surface area contributed by atoms with Gasteiger partial charge in [0.25, 0.3) is 0 Å². The zero-order valence-electron chi connectivity index (χ0n) is 14.1. The SMILES string of the molecule is C#CCNC(=O)[C@@H]1C[C@@H](O)[C@H](O)[C@@H]2NC(=S)N(c3ccc(C)c(Cl)c3)[C@@H]21. The molecule has 8 heteroatoms. The summed E-state index contributed by atoms with van der Waals surface area (Å²) in [4.78, 5) is 14.4. The Morgan fingerprint density at radius 2 is 2.27 bits per heavy atom. The molecule has 1 saturated carbocycles. The first kappa shape index (κ1) is 18.9. The molecule has 4 N–H and O–H groups in total. The number of halogens is 1. The molecule has 26 heavy (non-hydrogen) atoms. The molecule has 0 radical (unpaired) electrons. The molecule has 0 spiro atoms. The number of benzene rings is 1. The van der Waals surface area contributed by atoms with Crippen LogP contribution in [0.15, 0.2) is 18.2 Å². The Morgan fingerprint density at radius 1 is 1.54 bits per heavy atom. The van der Waals surface area contributed by atoms with Crippen LogP contribution in [0.3, 0.4) is 0 Å². The number of aliphatic hydroxyl groups is 2. The van der Waals surface area contributed by atoms with E-state index in [4.69, 9.17) is 30.2 Å². The standard InChI is InChI=1S/C18H20ClN3O3S/c1-3-6-20-17(25)11-8-13(23)16(24)14-15(11)22(18(26)21-14)10-5-4-9(2)12(19)7-10/h1,4-5,7,11,13-16,23-24H,6,8H2,2H3,(H,20,25)(H,21,26)/t11-,13-,14-,15-,16+/m1/s1. The third kappa shape index (κ3) is 3.26. The van der Waals surface area contributed by atoms with Crippen molar-refractivity contribution in [3.8, 4) is 12.3 Å². The predicted octanol–water partition coefficient (Wildman–Crippen LogP) is 0.571. The van der Waals surface area contributed by atoms with Gasteiger partial charge in [-0.2, -0.15) is 0 Å². The normalized spacial score (nSPS) is 30.3. The van der Waals surface area contributed by atoms with E-state index in [0.29, 0.717) is 10.1 Å². The molecule has 1 aliphatic heterocycles. The quantitative estimate of drug-likeness (QED) is 0.444. The third-order valence-corrected chi connectivity index (χ3v) is 5.70. The summed E-state index contributed by atoms with van der Waals surface area (Å²) < 4.78 is 0. The summed E-state index contributed by atoms with van der Waals surface area (Å²) in [6.07, 6.45) is 3.26. The van der Waals surface area contributed by atoms with Crippen molar-refractivity contribution in [2.24, 2.45) is 5.92 Å². The fraction of sp³-hybridized carbons (Fsp3) is 0.444. The lowest BCUT2D eigenvalue weighted by molar-refractivity contribution is -0.130. The van der Waals surface area contributed by atoms with Gasteiger partial charge in [0, 0.05) is 10.7 Å². The molecule has 1 heterocycles. The van der Waals surface area contributed by atoms with Gasteiger partial charge in [-0.25, -0.2) is 0 Å². The van der Waals surface area contributed by atoms with Crippen molar-refractivity contribution >= 4 is 40.5 Å². The molecule has 0 unspecified atom stereocenters. The predicted molar refractivity (Wildman–Crippen MR) is 104 cm³/mol. The van der Waals surface area contributed by atoms with E-state index < -0.39 is 30.2 Å². The molecule has 1 aromatic carbocycles. The highest BCUT2D eigenvalue weighted by molar-refractivity contribution is 7.80. The van der Waals surface area contributed by atoms with Gasteiger partial charge in [-0.05, 0) is 43.3 Å². The monoisotopic (exact) mass is 393 g/mol. The van der Waals surface area contributed by atoms with Gasteiger partial charge in [-0.15, -0.1) is 6.42 Å². The molecular formula is C18H20ClN3O3S. The average molecular weight is 394 g/mol. The highest BCUT2D eigenvalue weighted by Gasteiger charge is 2.53. The van der Waals surface area contributed by atoms with Crippen LogP contribution < -0.4 is 15.5 Å². The first-order valence-electron chi connectivity index (χ1n) is 8.28. The number of nitrogens with zero attached hydrogens (tertiary/aromatic N) is 1. The van der Waals surface area contributed by atoms with Crippen molar-refractivity contribution in [2.75, 3.05) is 11.4 Å². The van der Waals surface area contributed by atoms with E-state index in [2.05, 4.69) is 16.6 Å². The molecule has 0 bridgehead atoms. The van der Waals surface area contributed by atoms with E-state index in [0.717, 1.165) is 11.3 Å². The average Bonchev–Trinajstić information content (AvgIpc) is 2.95. The van der Waals surface area contributed by atoms with Crippen molar-refractivity contribution in [1.82, 2.24) is 10.6 Å². The van der Waals surface area contributed by atoms with Crippen LogP contribution in [0.4, 0.5) is 5.69 Å². The number of thiocarbonyl (C=S) groups is 1. The molecule has 6 nitrogen and oxygen atoms in total. The second kappa shape index (κ2) is 7.41. The van der Waals surface area contributed by atoms with Crippen LogP contribution in [0.5, 0.6) is 0 Å². The second-order valence-electron chi connectivity index (χ2n) is 6.59. The van der Waals surface area contributed by atoms with Crippen molar-refractivity contribution in [1.29, 1.82) is 0 Å². The Bertz CT molecular complexity index is 781. The third-order valence-electron chi connectivity index (χ3n) is 4.98. The molecule has 2 fully saturated rings. The van der Waals surface area contributed by atoms with Crippen LogP contribution in [0, 0.1) is 25.2 Å². The number of aryl methyl sites for hydroxylation is 1. The fourth-order valence-corrected chi connectivity index (χ4v) is 4.18. The van der Waals surface area contributed by atoms with Gasteiger partial charge >= 0.3 is 0 Å². The van der Waals surface area contributed by atoms with E-state index in [1.165, 1.54) is 0 Å². The van der Waals surface area contributed by atoms with E-state index in [1.807, 2.05) is 19.1 Å². The second-order valence-corrected chi connectivity index (χ2v) is 7.39. The number of nitrogens with one attached hydrogen (secondary N) is 2. The minimum atomic E-state index is -1.04. The molecule has 1 amide bonds. The molecule has 1 aliphatic carbocycles. The van der Waals surface area contributed by atoms with Gasteiger partial charge < -0.3 is 25.7 Å². The van der Waals surface area contributed by atoms with Gasteiger partial charge in [-0.1, -0.05) is 23.6 Å². The topological polar surface area (TPSA) is 84.8 Å². The minimum absolute atomic E-state index is 0.0968.